The molecule has 1 aliphatic rings. The summed E-state index contributed by atoms with van der Waals surface area (Å²) in [6.07, 6.45) is 0. The molecule has 74 valence electrons. The van der Waals surface area contributed by atoms with Crippen LogP contribution in [0.5, 0.6) is 0 Å². The van der Waals surface area contributed by atoms with Crippen molar-refractivity contribution in [3.63, 3.8) is 0 Å². The first-order chi connectivity index (χ1) is 5.95. The molecule has 0 aromatic carbocycles. The molecule has 0 aliphatic carbocycles. The average Bonchev–Trinajstić information content (AvgIpc) is 2.22. The first kappa shape index (κ1) is 10.2. The Morgan fingerprint density at radius 1 is 1.31 bits per heavy atom. The molecule has 4 nitrogen and oxygen atoms in total. The van der Waals surface area contributed by atoms with Gasteiger partial charge in [0.1, 0.15) is 0 Å². The number of amides is 2. The minimum absolute atomic E-state index is 0.0881. The second-order valence-electron chi connectivity index (χ2n) is 3.84. The van der Waals surface area contributed by atoms with E-state index in [9.17, 15) is 9.59 Å². The lowest BCUT2D eigenvalue weighted by atomic mass is 10.00. The van der Waals surface area contributed by atoms with Crippen molar-refractivity contribution in [3.05, 3.63) is 0 Å². The lowest BCUT2D eigenvalue weighted by Crippen LogP contribution is -2.39. The smallest absolute Gasteiger partial charge is 0.232 e. The van der Waals surface area contributed by atoms with Gasteiger partial charge in [0, 0.05) is 24.4 Å². The topological polar surface area (TPSA) is 63.4 Å². The Labute approximate surface area is 78.1 Å². The van der Waals surface area contributed by atoms with Crippen LogP contribution in [0.3, 0.4) is 0 Å². The molecule has 0 aromatic rings. The molecule has 1 aliphatic heterocycles. The summed E-state index contributed by atoms with van der Waals surface area (Å²) in [5.41, 5.74) is 5.54. The predicted molar refractivity (Wildman–Crippen MR) is 48.7 cm³/mol. The molecule has 3 atom stereocenters. The third kappa shape index (κ3) is 1.72. The van der Waals surface area contributed by atoms with Gasteiger partial charge < -0.3 is 5.73 Å². The highest BCUT2D eigenvalue weighted by Gasteiger charge is 2.42. The van der Waals surface area contributed by atoms with Gasteiger partial charge >= 0.3 is 0 Å². The van der Waals surface area contributed by atoms with Crippen LogP contribution in [0.2, 0.25) is 0 Å². The predicted octanol–water partition coefficient (Wildman–Crippen LogP) is -0.0254. The van der Waals surface area contributed by atoms with E-state index in [0.717, 1.165) is 0 Å². The van der Waals surface area contributed by atoms with Crippen LogP contribution in [-0.4, -0.2) is 29.3 Å². The summed E-state index contributed by atoms with van der Waals surface area (Å²) in [6.45, 7) is 5.69. The molecule has 2 unspecified atom stereocenters. The van der Waals surface area contributed by atoms with Crippen molar-refractivity contribution in [2.75, 3.05) is 6.54 Å². The second-order valence-corrected chi connectivity index (χ2v) is 3.84. The van der Waals surface area contributed by atoms with Gasteiger partial charge in [-0.1, -0.05) is 13.8 Å². The highest BCUT2D eigenvalue weighted by Crippen LogP contribution is 2.24. The van der Waals surface area contributed by atoms with Gasteiger partial charge in [0.15, 0.2) is 0 Å². The van der Waals surface area contributed by atoms with E-state index in [-0.39, 0.29) is 29.7 Å². The number of carbonyl (C=O) groups excluding carboxylic acids is 2. The average molecular weight is 184 g/mol. The molecule has 0 bridgehead atoms. The normalized spacial score (nSPS) is 31.2. The number of likely N-dealkylation sites (tertiary alicyclic amines) is 1. The molecule has 0 radical (unpaired) electrons. The maximum atomic E-state index is 11.5. The van der Waals surface area contributed by atoms with Gasteiger partial charge in [-0.25, -0.2) is 0 Å². The maximum Gasteiger partial charge on any atom is 0.232 e. The van der Waals surface area contributed by atoms with Gasteiger partial charge in [-0.05, 0) is 6.92 Å². The van der Waals surface area contributed by atoms with Crippen molar-refractivity contribution in [3.8, 4) is 0 Å². The van der Waals surface area contributed by atoms with Crippen molar-refractivity contribution in [2.24, 2.45) is 17.6 Å². The highest BCUT2D eigenvalue weighted by molar-refractivity contribution is 6.04. The highest BCUT2D eigenvalue weighted by atomic mass is 16.2. The van der Waals surface area contributed by atoms with Crippen LogP contribution >= 0.6 is 0 Å². The van der Waals surface area contributed by atoms with Gasteiger partial charge in [-0.15, -0.1) is 0 Å². The van der Waals surface area contributed by atoms with Crippen molar-refractivity contribution in [1.29, 1.82) is 0 Å². The van der Waals surface area contributed by atoms with Gasteiger partial charge in [0.25, 0.3) is 0 Å². The lowest BCUT2D eigenvalue weighted by Gasteiger charge is -2.16. The Morgan fingerprint density at radius 2 is 1.69 bits per heavy atom. The fourth-order valence-corrected chi connectivity index (χ4v) is 1.50. The summed E-state index contributed by atoms with van der Waals surface area (Å²) in [7, 11) is 0. The number of nitrogens with two attached hydrogens (primary N) is 1. The molecule has 0 aromatic heterocycles. The van der Waals surface area contributed by atoms with E-state index in [1.807, 2.05) is 0 Å². The van der Waals surface area contributed by atoms with Crippen LogP contribution in [0, 0.1) is 11.8 Å². The van der Waals surface area contributed by atoms with E-state index in [0.29, 0.717) is 6.54 Å². The molecule has 13 heavy (non-hydrogen) atoms. The molecule has 2 amide bonds. The van der Waals surface area contributed by atoms with Gasteiger partial charge in [-0.3, -0.25) is 14.5 Å². The first-order valence-corrected chi connectivity index (χ1v) is 4.56. The Hall–Kier alpha value is -0.900. The van der Waals surface area contributed by atoms with Crippen molar-refractivity contribution in [2.45, 2.75) is 26.8 Å². The van der Waals surface area contributed by atoms with E-state index in [4.69, 9.17) is 5.73 Å². The third-order valence-corrected chi connectivity index (χ3v) is 2.53. The summed E-state index contributed by atoms with van der Waals surface area (Å²) in [6, 6.07) is -0.148. The molecular formula is C9H16N2O2. The summed E-state index contributed by atoms with van der Waals surface area (Å²) in [5.74, 6) is -0.554. The fraction of sp³-hybridized carbons (Fsp3) is 0.778. The Bertz CT molecular complexity index is 218. The number of hydrogen-bond donors (Lipinski definition) is 1. The monoisotopic (exact) mass is 184 g/mol. The number of hydrogen-bond acceptors (Lipinski definition) is 3. The lowest BCUT2D eigenvalue weighted by molar-refractivity contribution is -0.140. The number of rotatable bonds is 2. The minimum Gasteiger partial charge on any atom is -0.326 e. The van der Waals surface area contributed by atoms with E-state index in [1.165, 1.54) is 4.90 Å². The summed E-state index contributed by atoms with van der Waals surface area (Å²) in [5, 5.41) is 0. The van der Waals surface area contributed by atoms with Crippen molar-refractivity contribution >= 4 is 11.8 Å². The zero-order chi connectivity index (χ0) is 10.2. The van der Waals surface area contributed by atoms with E-state index in [1.54, 1.807) is 20.8 Å². The first-order valence-electron chi connectivity index (χ1n) is 4.56. The molecule has 2 N–H and O–H groups in total. The zero-order valence-corrected chi connectivity index (χ0v) is 8.28. The van der Waals surface area contributed by atoms with Crippen molar-refractivity contribution in [1.82, 2.24) is 4.90 Å². The van der Waals surface area contributed by atoms with E-state index < -0.39 is 0 Å². The van der Waals surface area contributed by atoms with E-state index >= 15 is 0 Å². The summed E-state index contributed by atoms with van der Waals surface area (Å²) < 4.78 is 0. The van der Waals surface area contributed by atoms with Gasteiger partial charge in [-0.2, -0.15) is 0 Å². The molecule has 4 heteroatoms. The quantitative estimate of drug-likeness (QED) is 0.613. The van der Waals surface area contributed by atoms with Crippen molar-refractivity contribution < 1.29 is 9.59 Å². The molecule has 1 saturated heterocycles. The number of nitrogens with zero attached hydrogens (tertiary/aromatic N) is 1. The number of imide groups is 1. The minimum atomic E-state index is -0.189. The summed E-state index contributed by atoms with van der Waals surface area (Å²) >= 11 is 0. The standard InChI is InChI=1S/C9H16N2O2/c1-5(10)4-11-8(12)6(2)7(3)9(11)13/h5-7H,4,10H2,1-3H3/t5-,6?,7?/m1/s1. The third-order valence-electron chi connectivity index (χ3n) is 2.53. The molecular weight excluding hydrogens is 168 g/mol. The molecule has 1 rings (SSSR count). The Balaban J connectivity index is 2.76. The van der Waals surface area contributed by atoms with E-state index in [2.05, 4.69) is 0 Å². The Morgan fingerprint density at radius 3 is 2.00 bits per heavy atom. The van der Waals surface area contributed by atoms with Crippen LogP contribution in [0.15, 0.2) is 0 Å². The van der Waals surface area contributed by atoms with Crippen LogP contribution in [0.4, 0.5) is 0 Å². The molecule has 1 heterocycles. The Kier molecular flexibility index (Phi) is 2.71. The SMILES string of the molecule is CC1C(=O)N(C[C@@H](C)N)C(=O)C1C. The second kappa shape index (κ2) is 3.46. The fourth-order valence-electron chi connectivity index (χ4n) is 1.50. The van der Waals surface area contributed by atoms with Gasteiger partial charge in [0.2, 0.25) is 11.8 Å². The number of carbonyl (C=O) groups is 2. The molecule has 1 fully saturated rings. The molecule has 0 saturated carbocycles. The largest absolute Gasteiger partial charge is 0.326 e. The molecule has 0 spiro atoms. The van der Waals surface area contributed by atoms with Crippen LogP contribution in [0.1, 0.15) is 20.8 Å². The van der Waals surface area contributed by atoms with Crippen LogP contribution < -0.4 is 5.73 Å². The zero-order valence-electron chi connectivity index (χ0n) is 8.28. The summed E-state index contributed by atoms with van der Waals surface area (Å²) in [4.78, 5) is 24.3. The van der Waals surface area contributed by atoms with Crippen LogP contribution in [-0.2, 0) is 9.59 Å². The maximum absolute atomic E-state index is 11.5. The van der Waals surface area contributed by atoms with Gasteiger partial charge in [0.05, 0.1) is 0 Å². The van der Waals surface area contributed by atoms with Crippen LogP contribution in [0.25, 0.3) is 0 Å².